The molecule has 0 radical (unpaired) electrons. The van der Waals surface area contributed by atoms with Gasteiger partial charge in [-0.25, -0.2) is 9.13 Å². The van der Waals surface area contributed by atoms with Gasteiger partial charge >= 0.3 is 27.6 Å². The highest BCUT2D eigenvalue weighted by Crippen LogP contribution is 2.45. The number of hydrogen-bond donors (Lipinski definition) is 5. The fraction of sp³-hybridized carbons (Fsp3) is 0.702. The lowest BCUT2D eigenvalue weighted by molar-refractivity contribution is -0.148. The van der Waals surface area contributed by atoms with Crippen LogP contribution in [0.4, 0.5) is 0 Å². The molecule has 5 unspecified atom stereocenters. The molecule has 5 atom stereocenters. The molecule has 64 heavy (non-hydrogen) atoms. The van der Waals surface area contributed by atoms with Crippen LogP contribution in [-0.2, 0) is 46.3 Å². The van der Waals surface area contributed by atoms with Gasteiger partial charge in [-0.3, -0.25) is 27.7 Å². The smallest absolute Gasteiger partial charge is 0.463 e. The lowest BCUT2D eigenvalue weighted by atomic mass is 10.1. The Kier molecular flexibility index (Phi) is 41.4. The van der Waals surface area contributed by atoms with E-state index in [4.69, 9.17) is 9.47 Å². The molecule has 0 aromatic heterocycles. The van der Waals surface area contributed by atoms with Crippen molar-refractivity contribution < 1.29 is 71.4 Å². The first-order valence-corrected chi connectivity index (χ1v) is 26.3. The summed E-state index contributed by atoms with van der Waals surface area (Å²) >= 11 is 0. The van der Waals surface area contributed by atoms with Gasteiger partial charge in [0.05, 0.1) is 26.4 Å². The number of unbranched alkanes of at least 4 members (excludes halogenated alkanes) is 12. The molecule has 0 rings (SSSR count). The van der Waals surface area contributed by atoms with E-state index in [1.165, 1.54) is 12.8 Å². The molecule has 0 saturated carbocycles. The minimum atomic E-state index is -4.79. The van der Waals surface area contributed by atoms with Crippen molar-refractivity contribution in [1.82, 2.24) is 0 Å². The average Bonchev–Trinajstić information content (AvgIpc) is 3.27. The minimum absolute atomic E-state index is 0.171. The van der Waals surface area contributed by atoms with E-state index >= 15 is 0 Å². The standard InChI is InChI=1S/C47H82O15P2/c1-3-5-7-9-11-13-15-16-17-18-19-20-21-22-23-24-26-28-30-32-34-36-47(52)58-38-44(49)40-60-64(55,56)62-42-45(50)41-61-63(53,54)59-39-43(48)37-57-46(51)35-33-31-29-27-25-14-12-10-8-6-4-2/h5,7,10-13,16-17,19-20,22-23,43-45,48-50H,3-4,6,8-9,14-15,18,21,24-42H2,1-2H3,(H,53,54)(H,55,56)/b7-5-,12-10-,13-11-,17-16-,20-19-,23-22-. The third-order valence-corrected chi connectivity index (χ3v) is 11.0. The average molecular weight is 949 g/mol. The highest BCUT2D eigenvalue weighted by Gasteiger charge is 2.28. The van der Waals surface area contributed by atoms with Crippen LogP contribution in [0.1, 0.15) is 155 Å². The predicted octanol–water partition coefficient (Wildman–Crippen LogP) is 10.4. The van der Waals surface area contributed by atoms with Crippen molar-refractivity contribution in [2.24, 2.45) is 0 Å². The largest absolute Gasteiger partial charge is 0.472 e. The van der Waals surface area contributed by atoms with Crippen molar-refractivity contribution in [3.63, 3.8) is 0 Å². The van der Waals surface area contributed by atoms with E-state index in [0.29, 0.717) is 12.8 Å². The number of rotatable bonds is 44. The summed E-state index contributed by atoms with van der Waals surface area (Å²) in [6.45, 7) is 0.206. The number of esters is 2. The second-order valence-electron chi connectivity index (χ2n) is 15.4. The van der Waals surface area contributed by atoms with Crippen LogP contribution >= 0.6 is 15.6 Å². The number of aliphatic hydroxyl groups is 3. The summed E-state index contributed by atoms with van der Waals surface area (Å²) in [5.41, 5.74) is 0. The van der Waals surface area contributed by atoms with Crippen LogP contribution in [0.25, 0.3) is 0 Å². The molecular weight excluding hydrogens is 866 g/mol. The Morgan fingerprint density at radius 1 is 0.422 bits per heavy atom. The van der Waals surface area contributed by atoms with Gasteiger partial charge in [0.15, 0.2) is 0 Å². The predicted molar refractivity (Wildman–Crippen MR) is 251 cm³/mol. The quantitative estimate of drug-likeness (QED) is 0.0166. The van der Waals surface area contributed by atoms with Gasteiger partial charge < -0.3 is 34.6 Å². The lowest BCUT2D eigenvalue weighted by Gasteiger charge is -2.19. The number of carbonyl (C=O) groups excluding carboxylic acids is 2. The fourth-order valence-electron chi connectivity index (χ4n) is 5.51. The van der Waals surface area contributed by atoms with E-state index in [2.05, 4.69) is 105 Å². The molecule has 0 aliphatic heterocycles. The molecular formula is C47H82O15P2. The minimum Gasteiger partial charge on any atom is -0.463 e. The maximum absolute atomic E-state index is 12.1. The maximum Gasteiger partial charge on any atom is 0.472 e. The van der Waals surface area contributed by atoms with Crippen molar-refractivity contribution in [3.8, 4) is 0 Å². The fourth-order valence-corrected chi connectivity index (χ4v) is 7.10. The van der Waals surface area contributed by atoms with E-state index in [1.54, 1.807) is 0 Å². The topological polar surface area (TPSA) is 225 Å². The zero-order valence-corrected chi connectivity index (χ0v) is 40.5. The molecule has 370 valence electrons. The monoisotopic (exact) mass is 949 g/mol. The highest BCUT2D eigenvalue weighted by atomic mass is 31.2. The Morgan fingerprint density at radius 3 is 1.09 bits per heavy atom. The third-order valence-electron chi connectivity index (χ3n) is 9.15. The van der Waals surface area contributed by atoms with Crippen molar-refractivity contribution in [2.75, 3.05) is 39.6 Å². The summed E-state index contributed by atoms with van der Waals surface area (Å²) in [4.78, 5) is 43.7. The van der Waals surface area contributed by atoms with Crippen LogP contribution in [0, 0.1) is 0 Å². The summed E-state index contributed by atoms with van der Waals surface area (Å²) in [7, 11) is -9.58. The van der Waals surface area contributed by atoms with Gasteiger partial charge in [-0.15, -0.1) is 0 Å². The molecule has 15 nitrogen and oxygen atoms in total. The van der Waals surface area contributed by atoms with Crippen molar-refractivity contribution in [1.29, 1.82) is 0 Å². The maximum atomic E-state index is 12.1. The van der Waals surface area contributed by atoms with Gasteiger partial charge in [-0.05, 0) is 77.0 Å². The Morgan fingerprint density at radius 2 is 0.719 bits per heavy atom. The van der Waals surface area contributed by atoms with Crippen molar-refractivity contribution in [2.45, 2.75) is 173 Å². The molecule has 17 heteroatoms. The number of carbonyl (C=O) groups is 2. The first-order valence-electron chi connectivity index (χ1n) is 23.3. The van der Waals surface area contributed by atoms with Crippen LogP contribution in [0.15, 0.2) is 72.9 Å². The van der Waals surface area contributed by atoms with Crippen LogP contribution < -0.4 is 0 Å². The molecule has 0 aromatic rings. The molecule has 0 aliphatic rings. The molecule has 0 fully saturated rings. The second-order valence-corrected chi connectivity index (χ2v) is 18.3. The number of aliphatic hydroxyl groups excluding tert-OH is 3. The van der Waals surface area contributed by atoms with E-state index in [1.807, 2.05) is 0 Å². The van der Waals surface area contributed by atoms with Gasteiger partial charge in [0.2, 0.25) is 0 Å². The molecule has 0 bridgehead atoms. The van der Waals surface area contributed by atoms with Crippen LogP contribution in [0.3, 0.4) is 0 Å². The first-order chi connectivity index (χ1) is 30.8. The number of hydrogen-bond acceptors (Lipinski definition) is 13. The highest BCUT2D eigenvalue weighted by molar-refractivity contribution is 7.47. The number of phosphoric ester groups is 2. The summed E-state index contributed by atoms with van der Waals surface area (Å²) in [6, 6.07) is 0. The number of allylic oxidation sites excluding steroid dienone is 12. The first kappa shape index (κ1) is 61.5. The molecule has 0 saturated heterocycles. The molecule has 0 spiro atoms. The van der Waals surface area contributed by atoms with Crippen molar-refractivity contribution >= 4 is 27.6 Å². The Bertz CT molecular complexity index is 1430. The Balaban J connectivity index is 3.93. The zero-order valence-electron chi connectivity index (χ0n) is 38.7. The van der Waals surface area contributed by atoms with E-state index in [9.17, 15) is 43.8 Å². The van der Waals surface area contributed by atoms with Gasteiger partial charge in [0, 0.05) is 12.8 Å². The van der Waals surface area contributed by atoms with Crippen molar-refractivity contribution in [3.05, 3.63) is 72.9 Å². The molecule has 0 aliphatic carbocycles. The summed E-state index contributed by atoms with van der Waals surface area (Å²) < 4.78 is 52.9. The molecule has 5 N–H and O–H groups in total. The lowest BCUT2D eigenvalue weighted by Crippen LogP contribution is -2.25. The number of ether oxygens (including phenoxy) is 2. The molecule has 0 heterocycles. The van der Waals surface area contributed by atoms with Gasteiger partial charge in [0.1, 0.15) is 31.5 Å². The molecule has 0 aromatic carbocycles. The molecule has 0 amide bonds. The summed E-state index contributed by atoms with van der Waals surface area (Å²) in [6.07, 6.45) is 41.8. The normalized spacial score (nSPS) is 15.8. The second kappa shape index (κ2) is 43.1. The van der Waals surface area contributed by atoms with E-state index < -0.39 is 85.5 Å². The zero-order chi connectivity index (χ0) is 47.4. The SMILES string of the molecule is CC/C=C\C/C=C\C/C=C\C/C=C\C/C=C\CCCCCCCC(=O)OCC(O)COP(=O)(O)OCC(O)COP(=O)(O)OCC(O)COC(=O)CCCCCCC/C=C\CCCC. The summed E-state index contributed by atoms with van der Waals surface area (Å²) in [5.74, 6) is -1.03. The van der Waals surface area contributed by atoms with E-state index in [-0.39, 0.29) is 12.8 Å². The Hall–Kier alpha value is -2.52. The third kappa shape index (κ3) is 44.7. The van der Waals surface area contributed by atoms with Gasteiger partial charge in [0.25, 0.3) is 0 Å². The van der Waals surface area contributed by atoms with Gasteiger partial charge in [-0.1, -0.05) is 138 Å². The van der Waals surface area contributed by atoms with Gasteiger partial charge in [-0.2, -0.15) is 0 Å². The summed E-state index contributed by atoms with van der Waals surface area (Å²) in [5, 5.41) is 30.0. The Labute approximate surface area is 383 Å². The van der Waals surface area contributed by atoms with Crippen LogP contribution in [-0.4, -0.2) is 95.0 Å². The van der Waals surface area contributed by atoms with Crippen LogP contribution in [0.2, 0.25) is 0 Å². The number of phosphoric acid groups is 2. The van der Waals surface area contributed by atoms with E-state index in [0.717, 1.165) is 103 Å². The van der Waals surface area contributed by atoms with Crippen LogP contribution in [0.5, 0.6) is 0 Å².